The van der Waals surface area contributed by atoms with Crippen molar-refractivity contribution in [3.8, 4) is 0 Å². The Kier molecular flexibility index (Phi) is 61.1. The Balaban J connectivity index is 0. The zero-order chi connectivity index (χ0) is 4.00. The third-order valence-corrected chi connectivity index (χ3v) is 0. The Morgan fingerprint density at radius 1 is 1.25 bits per heavy atom. The Morgan fingerprint density at radius 2 is 1.25 bits per heavy atom. The van der Waals surface area contributed by atoms with Crippen LogP contribution in [-0.2, 0) is 0 Å². The molecule has 0 saturated heterocycles. The molecule has 0 atom stereocenters. The number of rotatable bonds is 0. The van der Waals surface area contributed by atoms with E-state index in [1.54, 1.807) is 0 Å². The van der Waals surface area contributed by atoms with E-state index in [4.69, 9.17) is 15.1 Å². The SMILES string of the molecule is NO.O=O. The smallest absolute Gasteiger partial charge is 0 e. The highest BCUT2D eigenvalue weighted by molar-refractivity contribution is 4.07. The van der Waals surface area contributed by atoms with Crippen LogP contribution in [-0.4, -0.2) is 5.21 Å². The molecule has 4 nitrogen and oxygen atoms in total. The van der Waals surface area contributed by atoms with E-state index in [1.807, 2.05) is 0 Å². The van der Waals surface area contributed by atoms with E-state index in [2.05, 4.69) is 5.90 Å². The molecule has 0 amide bonds. The topological polar surface area (TPSA) is 80.4 Å². The molecule has 0 saturated carbocycles. The fourth-order valence-electron chi connectivity index (χ4n) is 0. The van der Waals surface area contributed by atoms with Crippen LogP contribution in [0.5, 0.6) is 0 Å². The fourth-order valence-corrected chi connectivity index (χ4v) is 0. The van der Waals surface area contributed by atoms with Gasteiger partial charge in [-0.3, -0.25) is 0 Å². The lowest BCUT2D eigenvalue weighted by Crippen LogP contribution is -1.72. The van der Waals surface area contributed by atoms with Crippen molar-refractivity contribution in [2.24, 2.45) is 5.90 Å². The first-order valence-electron chi connectivity index (χ1n) is 0.425. The third-order valence-electron chi connectivity index (χ3n) is 0. The quantitative estimate of drug-likeness (QED) is 0.369. The third kappa shape index (κ3) is 1.78. The van der Waals surface area contributed by atoms with Crippen LogP contribution in [0, 0.1) is 9.93 Å². The van der Waals surface area contributed by atoms with E-state index >= 15 is 0 Å². The summed E-state index contributed by atoms with van der Waals surface area (Å²) in [5.74, 6) is 3.50. The van der Waals surface area contributed by atoms with Gasteiger partial charge in [0.25, 0.3) is 0 Å². The number of hydrogen-bond acceptors (Lipinski definition) is 4. The van der Waals surface area contributed by atoms with Crippen LogP contribution < -0.4 is 5.90 Å². The molecule has 0 bridgehead atoms. The second-order valence-electron chi connectivity index (χ2n) is 0. The summed E-state index contributed by atoms with van der Waals surface area (Å²) in [6.07, 6.45) is 0. The monoisotopic (exact) mass is 65.0 g/mol. The molecule has 0 aromatic carbocycles. The van der Waals surface area contributed by atoms with Crippen molar-refractivity contribution in [2.45, 2.75) is 0 Å². The molecular formula is H3NO3. The molecule has 0 aromatic heterocycles. The number of hydrogen-bond donors (Lipinski definition) is 2. The van der Waals surface area contributed by atoms with Crippen molar-refractivity contribution in [3.05, 3.63) is 9.93 Å². The van der Waals surface area contributed by atoms with Gasteiger partial charge in [0.2, 0.25) is 0 Å². The van der Waals surface area contributed by atoms with Gasteiger partial charge in [-0.25, -0.2) is 5.90 Å². The molecule has 4 heavy (non-hydrogen) atoms. The second-order valence-corrected chi connectivity index (χ2v) is 0. The Morgan fingerprint density at radius 3 is 1.25 bits per heavy atom. The Labute approximate surface area is 22.4 Å². The molecular weight excluding hydrogens is 62.0 g/mol. The van der Waals surface area contributed by atoms with Gasteiger partial charge in [-0.2, -0.15) is 0 Å². The van der Waals surface area contributed by atoms with Gasteiger partial charge in [-0.05, 0) is 0 Å². The van der Waals surface area contributed by atoms with Gasteiger partial charge >= 0.3 is 0 Å². The van der Waals surface area contributed by atoms with Gasteiger partial charge < -0.3 is 5.21 Å². The van der Waals surface area contributed by atoms with E-state index in [0.717, 1.165) is 0 Å². The first kappa shape index (κ1) is 9.68. The summed E-state index contributed by atoms with van der Waals surface area (Å²) in [5, 5.41) is 6.50. The van der Waals surface area contributed by atoms with Crippen molar-refractivity contribution >= 4 is 0 Å². The summed E-state index contributed by atoms with van der Waals surface area (Å²) >= 11 is 0. The Bertz CT molecular complexity index is 3.25. The summed E-state index contributed by atoms with van der Waals surface area (Å²) in [4.78, 5) is 14.0. The standard InChI is InChI=1S/H3NO.O2/c2*1-2/h2H,1H2;. The van der Waals surface area contributed by atoms with Gasteiger partial charge in [-0.1, -0.05) is 0 Å². The molecule has 4 heteroatoms. The van der Waals surface area contributed by atoms with Gasteiger partial charge in [0.05, 0.1) is 0 Å². The van der Waals surface area contributed by atoms with Crippen LogP contribution in [0.25, 0.3) is 0 Å². The highest BCUT2D eigenvalue weighted by Gasteiger charge is 0.732. The zero-order valence-corrected chi connectivity index (χ0v) is 1.84. The normalized spacial score (nSPS) is 2.50. The van der Waals surface area contributed by atoms with Crippen LogP contribution in [0.2, 0.25) is 0 Å². The predicted octanol–water partition coefficient (Wildman–Crippen LogP) is -0.599. The van der Waals surface area contributed by atoms with Gasteiger partial charge in [0.1, 0.15) is 0 Å². The molecule has 0 rings (SSSR count). The van der Waals surface area contributed by atoms with E-state index in [-0.39, 0.29) is 0 Å². The van der Waals surface area contributed by atoms with Crippen molar-refractivity contribution < 1.29 is 5.21 Å². The van der Waals surface area contributed by atoms with E-state index in [1.165, 1.54) is 0 Å². The Hall–Kier alpha value is -0.480. The maximum atomic E-state index is 7.00. The van der Waals surface area contributed by atoms with Crippen LogP contribution in [0.4, 0.5) is 0 Å². The first-order chi connectivity index (χ1) is 2.00. The summed E-state index contributed by atoms with van der Waals surface area (Å²) < 4.78 is 0. The van der Waals surface area contributed by atoms with Crippen molar-refractivity contribution in [1.82, 2.24) is 0 Å². The molecule has 0 aliphatic carbocycles. The summed E-state index contributed by atoms with van der Waals surface area (Å²) in [6.45, 7) is 0. The molecule has 0 fully saturated rings. The van der Waals surface area contributed by atoms with Crippen LogP contribution in [0.3, 0.4) is 0 Å². The lowest BCUT2D eigenvalue weighted by molar-refractivity contribution is 0.311. The molecule has 26 valence electrons. The molecule has 0 heterocycles. The average Bonchev–Trinajstić information content (AvgIpc) is 1.50. The largest absolute Gasteiger partial charge is 0.320 e. The second kappa shape index (κ2) is 25.3. The van der Waals surface area contributed by atoms with Crippen LogP contribution in [0.1, 0.15) is 0 Å². The molecule has 0 aliphatic heterocycles. The molecule has 0 spiro atoms. The van der Waals surface area contributed by atoms with Crippen molar-refractivity contribution in [2.75, 3.05) is 0 Å². The molecule has 0 unspecified atom stereocenters. The lowest BCUT2D eigenvalue weighted by atomic mass is 13.6. The van der Waals surface area contributed by atoms with Gasteiger partial charge in [0.15, 0.2) is 0 Å². The molecule has 0 aromatic rings. The zero-order valence-electron chi connectivity index (χ0n) is 1.84. The molecule has 0 aliphatic rings. The first-order valence-corrected chi connectivity index (χ1v) is 0.425. The van der Waals surface area contributed by atoms with Gasteiger partial charge in [0, 0.05) is 9.93 Å². The fraction of sp³-hybridized carbons (Fsp3) is 0. The summed E-state index contributed by atoms with van der Waals surface area (Å²) in [7, 11) is 0. The van der Waals surface area contributed by atoms with Crippen LogP contribution in [0.15, 0.2) is 0 Å². The predicted molar refractivity (Wildman–Crippen MR) is 12.7 cm³/mol. The maximum Gasteiger partial charge on any atom is 0 e. The van der Waals surface area contributed by atoms with Crippen molar-refractivity contribution in [3.63, 3.8) is 0 Å². The minimum Gasteiger partial charge on any atom is -0.320 e. The lowest BCUT2D eigenvalue weighted by Gasteiger charge is -1.27. The maximum absolute atomic E-state index is 7.00. The molecule has 3 N–H and O–H groups in total. The van der Waals surface area contributed by atoms with E-state index in [9.17, 15) is 0 Å². The minimum absolute atomic E-state index is 3.50. The molecule has 0 radical (unpaired) electrons. The minimum atomic E-state index is 3.50. The highest BCUT2D eigenvalue weighted by atomic mass is 16.7. The van der Waals surface area contributed by atoms with E-state index in [0.29, 0.717) is 0 Å². The number of nitrogens with two attached hydrogens (primary N) is 1. The van der Waals surface area contributed by atoms with Crippen molar-refractivity contribution in [1.29, 1.82) is 0 Å². The van der Waals surface area contributed by atoms with Crippen LogP contribution >= 0.6 is 0 Å². The average molecular weight is 65.0 g/mol. The van der Waals surface area contributed by atoms with Gasteiger partial charge in [-0.15, -0.1) is 0 Å². The van der Waals surface area contributed by atoms with E-state index < -0.39 is 0 Å². The highest BCUT2D eigenvalue weighted by Crippen LogP contribution is 0.741. The summed E-state index contributed by atoms with van der Waals surface area (Å²) in [5.41, 5.74) is 0. The summed E-state index contributed by atoms with van der Waals surface area (Å²) in [6, 6.07) is 0.